The quantitative estimate of drug-likeness (QED) is 0.516. The molecule has 5 heteroatoms. The van der Waals surface area contributed by atoms with E-state index in [4.69, 9.17) is 32.7 Å². The molecule has 0 aliphatic rings. The van der Waals surface area contributed by atoms with Crippen LogP contribution in [0.3, 0.4) is 0 Å². The number of rotatable bonds is 10. The van der Waals surface area contributed by atoms with E-state index in [0.29, 0.717) is 23.3 Å². The second-order valence-electron chi connectivity index (χ2n) is 4.39. The van der Waals surface area contributed by atoms with Gasteiger partial charge in [-0.05, 0) is 50.9 Å². The molecule has 1 aromatic rings. The summed E-state index contributed by atoms with van der Waals surface area (Å²) in [4.78, 5) is 0. The van der Waals surface area contributed by atoms with Gasteiger partial charge in [-0.25, -0.2) is 0 Å². The van der Waals surface area contributed by atoms with Gasteiger partial charge in [-0.15, -0.1) is 0 Å². The average Bonchev–Trinajstić information content (AvgIpc) is 2.41. The van der Waals surface area contributed by atoms with Gasteiger partial charge in [-0.3, -0.25) is 0 Å². The monoisotopic (exact) mass is 319 g/mol. The number of halogens is 2. The maximum Gasteiger partial charge on any atom is 0.157 e. The molecule has 0 amide bonds. The molecule has 0 fully saturated rings. The topological polar surface area (TPSA) is 30.5 Å². The van der Waals surface area contributed by atoms with E-state index in [1.54, 1.807) is 6.07 Å². The van der Waals surface area contributed by atoms with Crippen molar-refractivity contribution in [2.24, 2.45) is 0 Å². The molecule has 114 valence electrons. The molecule has 0 aliphatic carbocycles. The first-order chi connectivity index (χ1) is 9.67. The predicted octanol–water partition coefficient (Wildman–Crippen LogP) is 4.26. The van der Waals surface area contributed by atoms with Gasteiger partial charge >= 0.3 is 0 Å². The van der Waals surface area contributed by atoms with Gasteiger partial charge in [0.15, 0.2) is 6.29 Å². The summed E-state index contributed by atoms with van der Waals surface area (Å²) in [7, 11) is 0. The van der Waals surface area contributed by atoms with Crippen molar-refractivity contribution in [3.63, 3.8) is 0 Å². The Morgan fingerprint density at radius 3 is 2.45 bits per heavy atom. The number of hydrogen-bond acceptors (Lipinski definition) is 3. The number of nitrogens with one attached hydrogen (secondary N) is 1. The van der Waals surface area contributed by atoms with Crippen LogP contribution in [0.15, 0.2) is 18.2 Å². The first-order valence-corrected chi connectivity index (χ1v) is 7.80. The van der Waals surface area contributed by atoms with Crippen molar-refractivity contribution in [2.45, 2.75) is 39.5 Å². The van der Waals surface area contributed by atoms with Gasteiger partial charge in [0.2, 0.25) is 0 Å². The van der Waals surface area contributed by atoms with Crippen LogP contribution in [0, 0.1) is 0 Å². The van der Waals surface area contributed by atoms with Gasteiger partial charge in [0.1, 0.15) is 0 Å². The fraction of sp³-hybridized carbons (Fsp3) is 0.600. The van der Waals surface area contributed by atoms with E-state index in [-0.39, 0.29) is 6.29 Å². The van der Waals surface area contributed by atoms with E-state index >= 15 is 0 Å². The Kier molecular flexibility index (Phi) is 9.23. The summed E-state index contributed by atoms with van der Waals surface area (Å²) < 4.78 is 11.0. The normalized spacial score (nSPS) is 11.2. The van der Waals surface area contributed by atoms with E-state index in [2.05, 4.69) is 5.32 Å². The zero-order valence-corrected chi connectivity index (χ0v) is 13.6. The molecule has 1 N–H and O–H groups in total. The second-order valence-corrected chi connectivity index (χ2v) is 5.24. The summed E-state index contributed by atoms with van der Waals surface area (Å²) in [6.07, 6.45) is 1.80. The number of hydrogen-bond donors (Lipinski definition) is 1. The van der Waals surface area contributed by atoms with E-state index in [0.717, 1.165) is 31.5 Å². The Morgan fingerprint density at radius 1 is 1.15 bits per heavy atom. The van der Waals surface area contributed by atoms with Crippen LogP contribution in [0.25, 0.3) is 0 Å². The lowest BCUT2D eigenvalue weighted by molar-refractivity contribution is -0.139. The van der Waals surface area contributed by atoms with Crippen LogP contribution >= 0.6 is 23.2 Å². The molecular weight excluding hydrogens is 297 g/mol. The van der Waals surface area contributed by atoms with Gasteiger partial charge in [-0.2, -0.15) is 0 Å². The average molecular weight is 320 g/mol. The highest BCUT2D eigenvalue weighted by molar-refractivity contribution is 6.35. The first kappa shape index (κ1) is 17.7. The van der Waals surface area contributed by atoms with Crippen LogP contribution < -0.4 is 5.32 Å². The minimum absolute atomic E-state index is 0.0917. The summed E-state index contributed by atoms with van der Waals surface area (Å²) in [5.41, 5.74) is 1.06. The van der Waals surface area contributed by atoms with Crippen LogP contribution in [0.5, 0.6) is 0 Å². The molecule has 0 radical (unpaired) electrons. The molecule has 0 spiro atoms. The molecule has 0 unspecified atom stereocenters. The minimum Gasteiger partial charge on any atom is -0.353 e. The Labute approximate surface area is 131 Å². The zero-order chi connectivity index (χ0) is 14.8. The smallest absolute Gasteiger partial charge is 0.157 e. The van der Waals surface area contributed by atoms with Crippen molar-refractivity contribution in [2.75, 3.05) is 19.8 Å². The highest BCUT2D eigenvalue weighted by atomic mass is 35.5. The van der Waals surface area contributed by atoms with Crippen LogP contribution in [0.2, 0.25) is 10.0 Å². The molecule has 0 bridgehead atoms. The zero-order valence-electron chi connectivity index (χ0n) is 12.1. The maximum atomic E-state index is 6.11. The van der Waals surface area contributed by atoms with Crippen molar-refractivity contribution in [1.82, 2.24) is 5.32 Å². The fourth-order valence-corrected chi connectivity index (χ4v) is 2.34. The van der Waals surface area contributed by atoms with E-state index in [1.807, 2.05) is 26.0 Å². The highest BCUT2D eigenvalue weighted by Crippen LogP contribution is 2.20. The molecule has 0 heterocycles. The number of benzene rings is 1. The second kappa shape index (κ2) is 10.4. The van der Waals surface area contributed by atoms with Gasteiger partial charge < -0.3 is 14.8 Å². The third-order valence-corrected chi connectivity index (χ3v) is 3.42. The minimum atomic E-state index is -0.0917. The van der Waals surface area contributed by atoms with Crippen LogP contribution in [0.1, 0.15) is 32.3 Å². The van der Waals surface area contributed by atoms with Crippen molar-refractivity contribution >= 4 is 23.2 Å². The maximum absolute atomic E-state index is 6.11. The summed E-state index contributed by atoms with van der Waals surface area (Å²) in [5, 5.41) is 4.73. The lowest BCUT2D eigenvalue weighted by Crippen LogP contribution is -2.21. The Morgan fingerprint density at radius 2 is 1.85 bits per heavy atom. The predicted molar refractivity (Wildman–Crippen MR) is 84.4 cm³/mol. The van der Waals surface area contributed by atoms with Crippen molar-refractivity contribution in [3.8, 4) is 0 Å². The lowest BCUT2D eigenvalue weighted by atomic mass is 10.2. The summed E-state index contributed by atoms with van der Waals surface area (Å²) in [6.45, 7) is 6.95. The molecule has 0 saturated heterocycles. The lowest BCUT2D eigenvalue weighted by Gasteiger charge is -2.16. The Bertz CT molecular complexity index is 382. The summed E-state index contributed by atoms with van der Waals surface area (Å²) in [6, 6.07) is 5.56. The molecule has 1 aromatic carbocycles. The van der Waals surface area contributed by atoms with Crippen molar-refractivity contribution < 1.29 is 9.47 Å². The standard InChI is InChI=1S/C15H23Cl2NO2/c1-3-19-15(20-4-2)6-5-9-18-11-12-7-8-13(16)10-14(12)17/h7-8,10,15,18H,3-6,9,11H2,1-2H3. The first-order valence-electron chi connectivity index (χ1n) is 7.05. The highest BCUT2D eigenvalue weighted by Gasteiger charge is 2.07. The van der Waals surface area contributed by atoms with Crippen molar-refractivity contribution in [1.29, 1.82) is 0 Å². The molecule has 0 atom stereocenters. The summed E-state index contributed by atoms with van der Waals surface area (Å²) >= 11 is 12.0. The summed E-state index contributed by atoms with van der Waals surface area (Å²) in [5.74, 6) is 0. The van der Waals surface area contributed by atoms with E-state index < -0.39 is 0 Å². The molecule has 1 rings (SSSR count). The van der Waals surface area contributed by atoms with Crippen LogP contribution in [-0.2, 0) is 16.0 Å². The van der Waals surface area contributed by atoms with Gasteiger partial charge in [0.05, 0.1) is 0 Å². The van der Waals surface area contributed by atoms with E-state index in [9.17, 15) is 0 Å². The molecular formula is C15H23Cl2NO2. The third-order valence-electron chi connectivity index (χ3n) is 2.83. The van der Waals surface area contributed by atoms with Crippen molar-refractivity contribution in [3.05, 3.63) is 33.8 Å². The number of ether oxygens (including phenoxy) is 2. The molecule has 0 aromatic heterocycles. The van der Waals surface area contributed by atoms with Gasteiger partial charge in [0, 0.05) is 29.8 Å². The van der Waals surface area contributed by atoms with Gasteiger partial charge in [0.25, 0.3) is 0 Å². The largest absolute Gasteiger partial charge is 0.353 e. The van der Waals surface area contributed by atoms with Crippen LogP contribution in [0.4, 0.5) is 0 Å². The van der Waals surface area contributed by atoms with Gasteiger partial charge in [-0.1, -0.05) is 29.3 Å². The fourth-order valence-electron chi connectivity index (χ4n) is 1.87. The Balaban J connectivity index is 2.20. The SMILES string of the molecule is CCOC(CCCNCc1ccc(Cl)cc1Cl)OCC. The third kappa shape index (κ3) is 6.91. The molecule has 0 aliphatic heterocycles. The molecule has 0 saturated carbocycles. The molecule has 20 heavy (non-hydrogen) atoms. The van der Waals surface area contributed by atoms with E-state index in [1.165, 1.54) is 0 Å². The van der Waals surface area contributed by atoms with Crippen LogP contribution in [-0.4, -0.2) is 26.0 Å². The Hall–Kier alpha value is -0.320. The molecule has 3 nitrogen and oxygen atoms in total.